The third kappa shape index (κ3) is 3.94. The van der Waals surface area contributed by atoms with E-state index >= 15 is 0 Å². The van der Waals surface area contributed by atoms with Crippen molar-refractivity contribution in [1.82, 2.24) is 0 Å². The molecule has 1 amide bonds. The van der Waals surface area contributed by atoms with E-state index in [2.05, 4.69) is 21.2 Å². The number of halogens is 1. The van der Waals surface area contributed by atoms with Crippen LogP contribution in [0.15, 0.2) is 22.7 Å². The highest BCUT2D eigenvalue weighted by Gasteiger charge is 2.30. The summed E-state index contributed by atoms with van der Waals surface area (Å²) in [5.41, 5.74) is 7.13. The minimum absolute atomic E-state index is 0.0524. The Morgan fingerprint density at radius 2 is 2.26 bits per heavy atom. The third-order valence-corrected chi connectivity index (χ3v) is 4.04. The SMILES string of the molecule is CCOC1CC(CC(=O)Nc2ccc(N)c(Br)c2)C1. The van der Waals surface area contributed by atoms with Gasteiger partial charge in [-0.2, -0.15) is 0 Å². The first-order valence-electron chi connectivity index (χ1n) is 6.55. The van der Waals surface area contributed by atoms with Gasteiger partial charge in [0.15, 0.2) is 0 Å². The fraction of sp³-hybridized carbons (Fsp3) is 0.500. The average molecular weight is 327 g/mol. The van der Waals surface area contributed by atoms with Gasteiger partial charge in [-0.15, -0.1) is 0 Å². The summed E-state index contributed by atoms with van der Waals surface area (Å²) in [6.07, 6.45) is 2.90. The quantitative estimate of drug-likeness (QED) is 0.817. The molecule has 1 aromatic carbocycles. The Balaban J connectivity index is 1.77. The van der Waals surface area contributed by atoms with Crippen LogP contribution in [-0.2, 0) is 9.53 Å². The van der Waals surface area contributed by atoms with Crippen molar-refractivity contribution < 1.29 is 9.53 Å². The van der Waals surface area contributed by atoms with Crippen molar-refractivity contribution in [2.45, 2.75) is 32.3 Å². The summed E-state index contributed by atoms with van der Waals surface area (Å²) < 4.78 is 6.28. The number of amides is 1. The fourth-order valence-corrected chi connectivity index (χ4v) is 2.67. The molecule has 1 aromatic rings. The van der Waals surface area contributed by atoms with Gasteiger partial charge in [-0.05, 0) is 59.8 Å². The van der Waals surface area contributed by atoms with E-state index in [0.717, 1.165) is 29.6 Å². The Kier molecular flexibility index (Phi) is 4.82. The summed E-state index contributed by atoms with van der Waals surface area (Å²) in [5, 5.41) is 2.89. The van der Waals surface area contributed by atoms with Gasteiger partial charge in [-0.25, -0.2) is 0 Å². The number of hydrogen-bond acceptors (Lipinski definition) is 3. The highest BCUT2D eigenvalue weighted by Crippen LogP contribution is 2.33. The summed E-state index contributed by atoms with van der Waals surface area (Å²) in [4.78, 5) is 11.9. The van der Waals surface area contributed by atoms with Gasteiger partial charge in [0.2, 0.25) is 5.91 Å². The van der Waals surface area contributed by atoms with E-state index in [1.54, 1.807) is 6.07 Å². The molecule has 0 atom stereocenters. The lowest BCUT2D eigenvalue weighted by molar-refractivity contribution is -0.119. The second-order valence-corrected chi connectivity index (χ2v) is 5.76. The van der Waals surface area contributed by atoms with Gasteiger partial charge in [-0.1, -0.05) is 0 Å². The van der Waals surface area contributed by atoms with Crippen LogP contribution in [0, 0.1) is 5.92 Å². The minimum Gasteiger partial charge on any atom is -0.398 e. The van der Waals surface area contributed by atoms with E-state index in [1.165, 1.54) is 0 Å². The predicted molar refractivity (Wildman–Crippen MR) is 79.9 cm³/mol. The Labute approximate surface area is 121 Å². The summed E-state index contributed by atoms with van der Waals surface area (Å²) >= 11 is 3.34. The van der Waals surface area contributed by atoms with E-state index in [-0.39, 0.29) is 5.91 Å². The number of ether oxygens (including phenoxy) is 1. The molecule has 104 valence electrons. The topological polar surface area (TPSA) is 64.3 Å². The molecule has 0 aromatic heterocycles. The van der Waals surface area contributed by atoms with E-state index in [1.807, 2.05) is 19.1 Å². The second kappa shape index (κ2) is 6.39. The van der Waals surface area contributed by atoms with Crippen LogP contribution in [0.2, 0.25) is 0 Å². The van der Waals surface area contributed by atoms with E-state index in [4.69, 9.17) is 10.5 Å². The zero-order chi connectivity index (χ0) is 13.8. The number of carbonyl (C=O) groups is 1. The van der Waals surface area contributed by atoms with Crippen molar-refractivity contribution in [3.05, 3.63) is 22.7 Å². The molecular formula is C14H19BrN2O2. The van der Waals surface area contributed by atoms with Crippen LogP contribution in [0.4, 0.5) is 11.4 Å². The van der Waals surface area contributed by atoms with Crippen LogP contribution in [0.3, 0.4) is 0 Å². The molecule has 2 rings (SSSR count). The van der Waals surface area contributed by atoms with Crippen LogP contribution in [0.1, 0.15) is 26.2 Å². The molecule has 1 aliphatic rings. The van der Waals surface area contributed by atoms with Gasteiger partial charge in [0, 0.05) is 28.9 Å². The van der Waals surface area contributed by atoms with Crippen LogP contribution < -0.4 is 11.1 Å². The number of benzene rings is 1. The molecule has 3 N–H and O–H groups in total. The first-order valence-corrected chi connectivity index (χ1v) is 7.34. The molecule has 19 heavy (non-hydrogen) atoms. The monoisotopic (exact) mass is 326 g/mol. The number of nitrogens with one attached hydrogen (secondary N) is 1. The fourth-order valence-electron chi connectivity index (χ4n) is 2.29. The van der Waals surface area contributed by atoms with E-state index in [9.17, 15) is 4.79 Å². The lowest BCUT2D eigenvalue weighted by Gasteiger charge is -2.34. The van der Waals surface area contributed by atoms with Gasteiger partial charge in [0.05, 0.1) is 6.10 Å². The zero-order valence-corrected chi connectivity index (χ0v) is 12.6. The number of nitrogen functional groups attached to an aromatic ring is 1. The molecule has 0 spiro atoms. The molecule has 0 aliphatic heterocycles. The van der Waals surface area contributed by atoms with Crippen molar-refractivity contribution in [2.75, 3.05) is 17.7 Å². The molecule has 1 saturated carbocycles. The molecule has 0 bridgehead atoms. The van der Waals surface area contributed by atoms with Gasteiger partial charge >= 0.3 is 0 Å². The molecule has 0 unspecified atom stereocenters. The van der Waals surface area contributed by atoms with Crippen LogP contribution in [0.25, 0.3) is 0 Å². The van der Waals surface area contributed by atoms with E-state index in [0.29, 0.717) is 24.1 Å². The van der Waals surface area contributed by atoms with Gasteiger partial charge in [0.25, 0.3) is 0 Å². The molecule has 0 saturated heterocycles. The maximum absolute atomic E-state index is 11.9. The van der Waals surface area contributed by atoms with Gasteiger partial charge in [0.1, 0.15) is 0 Å². The van der Waals surface area contributed by atoms with E-state index < -0.39 is 0 Å². The Morgan fingerprint density at radius 3 is 2.89 bits per heavy atom. The Hall–Kier alpha value is -1.07. The zero-order valence-electron chi connectivity index (χ0n) is 11.0. The molecule has 1 aliphatic carbocycles. The minimum atomic E-state index is 0.0524. The standard InChI is InChI=1S/C14H19BrN2O2/c1-2-19-11-5-9(6-11)7-14(18)17-10-3-4-13(16)12(15)8-10/h3-4,8-9,11H,2,5-7,16H2,1H3,(H,17,18). The molecule has 0 heterocycles. The van der Waals surface area contributed by atoms with Gasteiger partial charge in [-0.3, -0.25) is 4.79 Å². The number of rotatable bonds is 5. The van der Waals surface area contributed by atoms with Crippen molar-refractivity contribution in [1.29, 1.82) is 0 Å². The lowest BCUT2D eigenvalue weighted by atomic mass is 9.80. The maximum Gasteiger partial charge on any atom is 0.224 e. The van der Waals surface area contributed by atoms with Crippen molar-refractivity contribution >= 4 is 33.2 Å². The number of hydrogen-bond donors (Lipinski definition) is 2. The van der Waals surface area contributed by atoms with Crippen LogP contribution in [0.5, 0.6) is 0 Å². The molecular weight excluding hydrogens is 308 g/mol. The highest BCUT2D eigenvalue weighted by atomic mass is 79.9. The maximum atomic E-state index is 11.9. The van der Waals surface area contributed by atoms with Crippen LogP contribution in [-0.4, -0.2) is 18.6 Å². The predicted octanol–water partition coefficient (Wildman–Crippen LogP) is 3.18. The molecule has 4 nitrogen and oxygen atoms in total. The normalized spacial score (nSPS) is 21.8. The summed E-state index contributed by atoms with van der Waals surface area (Å²) in [6, 6.07) is 5.40. The van der Waals surface area contributed by atoms with Gasteiger partial charge < -0.3 is 15.8 Å². The summed E-state index contributed by atoms with van der Waals surface area (Å²) in [5.74, 6) is 0.505. The number of carbonyl (C=O) groups excluding carboxylic acids is 1. The Morgan fingerprint density at radius 1 is 1.53 bits per heavy atom. The summed E-state index contributed by atoms with van der Waals surface area (Å²) in [6.45, 7) is 2.75. The Bertz CT molecular complexity index is 459. The lowest BCUT2D eigenvalue weighted by Crippen LogP contribution is -2.33. The molecule has 5 heteroatoms. The number of anilines is 2. The van der Waals surface area contributed by atoms with Crippen molar-refractivity contribution in [2.24, 2.45) is 5.92 Å². The van der Waals surface area contributed by atoms with Crippen LogP contribution >= 0.6 is 15.9 Å². The first kappa shape index (κ1) is 14.3. The second-order valence-electron chi connectivity index (χ2n) is 4.90. The summed E-state index contributed by atoms with van der Waals surface area (Å²) in [7, 11) is 0. The van der Waals surface area contributed by atoms with Crippen molar-refractivity contribution in [3.63, 3.8) is 0 Å². The smallest absolute Gasteiger partial charge is 0.224 e. The number of nitrogens with two attached hydrogens (primary N) is 1. The third-order valence-electron chi connectivity index (χ3n) is 3.35. The average Bonchev–Trinajstić information content (AvgIpc) is 2.31. The highest BCUT2D eigenvalue weighted by molar-refractivity contribution is 9.10. The largest absolute Gasteiger partial charge is 0.398 e. The molecule has 1 fully saturated rings. The first-order chi connectivity index (χ1) is 9.08. The molecule has 0 radical (unpaired) electrons. The van der Waals surface area contributed by atoms with Crippen molar-refractivity contribution in [3.8, 4) is 0 Å².